The van der Waals surface area contributed by atoms with Crippen LogP contribution < -0.4 is 10.5 Å². The van der Waals surface area contributed by atoms with Gasteiger partial charge in [0, 0.05) is 18.2 Å². The minimum atomic E-state index is -3.88. The molecule has 1 unspecified atom stereocenters. The second-order valence-electron chi connectivity index (χ2n) is 6.03. The molecule has 0 bridgehead atoms. The first kappa shape index (κ1) is 15.7. The summed E-state index contributed by atoms with van der Waals surface area (Å²) in [5, 5.41) is 10.8. The highest BCUT2D eigenvalue weighted by Crippen LogP contribution is 2.38. The van der Waals surface area contributed by atoms with Crippen LogP contribution in [-0.2, 0) is 10.0 Å². The topological polar surface area (TPSA) is 115 Å². The van der Waals surface area contributed by atoms with Crippen molar-refractivity contribution < 1.29 is 13.3 Å². The summed E-state index contributed by atoms with van der Waals surface area (Å²) in [6.07, 6.45) is 2.64. The van der Waals surface area contributed by atoms with E-state index in [9.17, 15) is 18.5 Å². The van der Waals surface area contributed by atoms with Gasteiger partial charge in [0.2, 0.25) is 10.0 Å². The van der Waals surface area contributed by atoms with Crippen molar-refractivity contribution in [2.24, 2.45) is 5.41 Å². The fourth-order valence-electron chi connectivity index (χ4n) is 2.67. The number of rotatable bonds is 4. The van der Waals surface area contributed by atoms with E-state index in [1.165, 1.54) is 12.1 Å². The van der Waals surface area contributed by atoms with Gasteiger partial charge in [-0.15, -0.1) is 0 Å². The van der Waals surface area contributed by atoms with Gasteiger partial charge in [-0.05, 0) is 24.3 Å². The molecule has 1 aliphatic rings. The SMILES string of the molecule is CC1(C)CCCC1NS(=O)(=O)c1cc([N+](=O)[O-])ccc1N. The third-order valence-corrected chi connectivity index (χ3v) is 5.58. The van der Waals surface area contributed by atoms with Gasteiger partial charge in [-0.2, -0.15) is 0 Å². The summed E-state index contributed by atoms with van der Waals surface area (Å²) >= 11 is 0. The van der Waals surface area contributed by atoms with Crippen LogP contribution in [0.25, 0.3) is 0 Å². The van der Waals surface area contributed by atoms with Crippen molar-refractivity contribution in [2.75, 3.05) is 5.73 Å². The van der Waals surface area contributed by atoms with Crippen molar-refractivity contribution in [3.8, 4) is 0 Å². The first-order valence-corrected chi connectivity index (χ1v) is 8.18. The Morgan fingerprint density at radius 2 is 2.10 bits per heavy atom. The average molecular weight is 313 g/mol. The fraction of sp³-hybridized carbons (Fsp3) is 0.538. The van der Waals surface area contributed by atoms with E-state index in [1.807, 2.05) is 13.8 Å². The second-order valence-corrected chi connectivity index (χ2v) is 7.72. The largest absolute Gasteiger partial charge is 0.398 e. The molecule has 7 nitrogen and oxygen atoms in total. The normalized spacial score (nSPS) is 21.3. The van der Waals surface area contributed by atoms with Gasteiger partial charge in [0.05, 0.1) is 10.6 Å². The lowest BCUT2D eigenvalue weighted by atomic mass is 9.88. The molecule has 0 spiro atoms. The lowest BCUT2D eigenvalue weighted by Crippen LogP contribution is -2.41. The Morgan fingerprint density at radius 1 is 1.43 bits per heavy atom. The van der Waals surface area contributed by atoms with Crippen LogP contribution in [0.15, 0.2) is 23.1 Å². The molecular weight excluding hydrogens is 294 g/mol. The molecule has 1 aromatic carbocycles. The number of hydrogen-bond acceptors (Lipinski definition) is 5. The summed E-state index contributed by atoms with van der Waals surface area (Å²) < 4.78 is 27.6. The van der Waals surface area contributed by atoms with Crippen molar-refractivity contribution in [1.82, 2.24) is 4.72 Å². The minimum Gasteiger partial charge on any atom is -0.398 e. The van der Waals surface area contributed by atoms with Gasteiger partial charge >= 0.3 is 0 Å². The third kappa shape index (κ3) is 3.16. The van der Waals surface area contributed by atoms with Crippen molar-refractivity contribution >= 4 is 21.4 Å². The van der Waals surface area contributed by atoms with Crippen molar-refractivity contribution in [2.45, 2.75) is 44.0 Å². The van der Waals surface area contributed by atoms with E-state index >= 15 is 0 Å². The van der Waals surface area contributed by atoms with E-state index in [1.54, 1.807) is 0 Å². The summed E-state index contributed by atoms with van der Waals surface area (Å²) in [6, 6.07) is 3.24. The summed E-state index contributed by atoms with van der Waals surface area (Å²) in [7, 11) is -3.88. The molecular formula is C13H19N3O4S. The number of hydrogen-bond donors (Lipinski definition) is 2. The first-order valence-electron chi connectivity index (χ1n) is 6.70. The summed E-state index contributed by atoms with van der Waals surface area (Å²) in [6.45, 7) is 4.01. The number of nitrogen functional groups attached to an aromatic ring is 1. The predicted octanol–water partition coefficient (Wildman–Crippen LogP) is 2.03. The maximum absolute atomic E-state index is 12.5. The molecule has 0 saturated heterocycles. The van der Waals surface area contributed by atoms with E-state index in [0.717, 1.165) is 25.3 Å². The van der Waals surface area contributed by atoms with Crippen LogP contribution in [0.5, 0.6) is 0 Å². The van der Waals surface area contributed by atoms with E-state index in [0.29, 0.717) is 0 Å². The quantitative estimate of drug-likeness (QED) is 0.501. The Kier molecular flexibility index (Phi) is 3.94. The molecule has 0 amide bonds. The van der Waals surface area contributed by atoms with Crippen LogP contribution >= 0.6 is 0 Å². The zero-order valence-corrected chi connectivity index (χ0v) is 12.8. The number of nitrogens with zero attached hydrogens (tertiary/aromatic N) is 1. The maximum atomic E-state index is 12.5. The van der Waals surface area contributed by atoms with Crippen molar-refractivity contribution in [3.63, 3.8) is 0 Å². The minimum absolute atomic E-state index is 0.00361. The van der Waals surface area contributed by atoms with Gasteiger partial charge in [0.1, 0.15) is 4.90 Å². The van der Waals surface area contributed by atoms with E-state index in [4.69, 9.17) is 5.73 Å². The second kappa shape index (κ2) is 5.27. The molecule has 21 heavy (non-hydrogen) atoms. The number of sulfonamides is 1. The molecule has 0 radical (unpaired) electrons. The number of nitro groups is 1. The van der Waals surface area contributed by atoms with Crippen molar-refractivity contribution in [3.05, 3.63) is 28.3 Å². The van der Waals surface area contributed by atoms with Crippen LogP contribution in [0.4, 0.5) is 11.4 Å². The molecule has 1 fully saturated rings. The molecule has 0 aliphatic heterocycles. The van der Waals surface area contributed by atoms with Crippen LogP contribution in [0.2, 0.25) is 0 Å². The number of anilines is 1. The maximum Gasteiger partial charge on any atom is 0.270 e. The van der Waals surface area contributed by atoms with Gasteiger partial charge in [-0.25, -0.2) is 13.1 Å². The monoisotopic (exact) mass is 313 g/mol. The molecule has 2 rings (SSSR count). The Balaban J connectivity index is 2.36. The van der Waals surface area contributed by atoms with Crippen LogP contribution in [0.3, 0.4) is 0 Å². The standard InChI is InChI=1S/C13H19N3O4S/c1-13(2)7-3-4-12(13)15-21(19,20)11-8-9(16(17)18)5-6-10(11)14/h5-6,8,12,15H,3-4,7,14H2,1-2H3. The smallest absolute Gasteiger partial charge is 0.270 e. The lowest BCUT2D eigenvalue weighted by molar-refractivity contribution is -0.385. The third-order valence-electron chi connectivity index (χ3n) is 4.05. The Labute approximate surface area is 123 Å². The number of benzene rings is 1. The lowest BCUT2D eigenvalue weighted by Gasteiger charge is -2.27. The molecule has 3 N–H and O–H groups in total. The van der Waals surface area contributed by atoms with Crippen LogP contribution in [0, 0.1) is 15.5 Å². The fourth-order valence-corrected chi connectivity index (χ4v) is 4.26. The van der Waals surface area contributed by atoms with Gasteiger partial charge in [-0.3, -0.25) is 10.1 Å². The molecule has 0 aromatic heterocycles. The van der Waals surface area contributed by atoms with Gasteiger partial charge in [-0.1, -0.05) is 20.3 Å². The number of nitro benzene ring substituents is 1. The zero-order chi connectivity index (χ0) is 15.8. The molecule has 8 heteroatoms. The van der Waals surface area contributed by atoms with Gasteiger partial charge < -0.3 is 5.73 Å². The zero-order valence-electron chi connectivity index (χ0n) is 12.0. The average Bonchev–Trinajstić information content (AvgIpc) is 2.68. The van der Waals surface area contributed by atoms with E-state index < -0.39 is 14.9 Å². The van der Waals surface area contributed by atoms with E-state index in [-0.39, 0.29) is 27.7 Å². The summed E-state index contributed by atoms with van der Waals surface area (Å²) in [5.41, 5.74) is 5.25. The highest BCUT2D eigenvalue weighted by molar-refractivity contribution is 7.89. The predicted molar refractivity (Wildman–Crippen MR) is 79.3 cm³/mol. The number of nitrogens with one attached hydrogen (secondary N) is 1. The Morgan fingerprint density at radius 3 is 2.62 bits per heavy atom. The number of non-ortho nitro benzene ring substituents is 1. The number of nitrogens with two attached hydrogens (primary N) is 1. The van der Waals surface area contributed by atoms with Crippen LogP contribution in [0.1, 0.15) is 33.1 Å². The Bertz CT molecular complexity index is 670. The molecule has 116 valence electrons. The molecule has 1 atom stereocenters. The first-order chi connectivity index (χ1) is 9.63. The molecule has 1 aromatic rings. The molecule has 1 saturated carbocycles. The van der Waals surface area contributed by atoms with Gasteiger partial charge in [0.15, 0.2) is 0 Å². The molecule has 1 aliphatic carbocycles. The molecule has 0 heterocycles. The van der Waals surface area contributed by atoms with Crippen LogP contribution in [-0.4, -0.2) is 19.4 Å². The summed E-state index contributed by atoms with van der Waals surface area (Å²) in [5.74, 6) is 0. The van der Waals surface area contributed by atoms with Gasteiger partial charge in [0.25, 0.3) is 5.69 Å². The van der Waals surface area contributed by atoms with Crippen molar-refractivity contribution in [1.29, 1.82) is 0 Å². The highest BCUT2D eigenvalue weighted by atomic mass is 32.2. The van der Waals surface area contributed by atoms with E-state index in [2.05, 4.69) is 4.72 Å². The summed E-state index contributed by atoms with van der Waals surface area (Å²) in [4.78, 5) is 9.91. The Hall–Kier alpha value is -1.67. The highest BCUT2D eigenvalue weighted by Gasteiger charge is 2.37.